The van der Waals surface area contributed by atoms with Crippen molar-refractivity contribution in [2.75, 3.05) is 49.5 Å². The molecule has 2 amide bonds. The molecular weight excluding hydrogens is 409 g/mol. The van der Waals surface area contributed by atoms with Crippen molar-refractivity contribution < 1.29 is 14.0 Å². The third kappa shape index (κ3) is 5.88. The Morgan fingerprint density at radius 1 is 1.23 bits per heavy atom. The topological polar surface area (TPSA) is 128 Å². The van der Waals surface area contributed by atoms with Crippen LogP contribution in [0.1, 0.15) is 5.56 Å². The lowest BCUT2D eigenvalue weighted by Gasteiger charge is -2.34. The van der Waals surface area contributed by atoms with E-state index in [4.69, 9.17) is 11.0 Å². The summed E-state index contributed by atoms with van der Waals surface area (Å²) in [6.45, 7) is 2.38. The van der Waals surface area contributed by atoms with Crippen LogP contribution in [0.4, 0.5) is 15.9 Å². The summed E-state index contributed by atoms with van der Waals surface area (Å²) in [5.41, 5.74) is 6.39. The maximum Gasteiger partial charge on any atom is 0.238 e. The molecule has 0 unspecified atom stereocenters. The van der Waals surface area contributed by atoms with Gasteiger partial charge in [0.05, 0.1) is 18.5 Å². The van der Waals surface area contributed by atoms with Crippen LogP contribution in [-0.4, -0.2) is 70.1 Å². The maximum atomic E-state index is 12.9. The molecule has 1 saturated heterocycles. The number of nitrogens with zero attached hydrogens (tertiary/aromatic N) is 5. The van der Waals surface area contributed by atoms with Gasteiger partial charge in [0.25, 0.3) is 0 Å². The van der Waals surface area contributed by atoms with Crippen LogP contribution in [0.25, 0.3) is 0 Å². The van der Waals surface area contributed by atoms with Crippen LogP contribution in [0.5, 0.6) is 0 Å². The van der Waals surface area contributed by atoms with Crippen LogP contribution in [-0.2, 0) is 9.59 Å². The van der Waals surface area contributed by atoms with Crippen LogP contribution < -0.4 is 11.1 Å². The summed E-state index contributed by atoms with van der Waals surface area (Å²) in [7, 11) is 0. The normalized spacial score (nSPS) is 14.2. The van der Waals surface area contributed by atoms with E-state index in [0.717, 1.165) is 11.8 Å². The molecule has 156 valence electrons. The highest BCUT2D eigenvalue weighted by Crippen LogP contribution is 2.17. The van der Waals surface area contributed by atoms with Gasteiger partial charge in [-0.1, -0.05) is 11.8 Å². The maximum absolute atomic E-state index is 12.9. The highest BCUT2D eigenvalue weighted by molar-refractivity contribution is 7.99. The zero-order valence-corrected chi connectivity index (χ0v) is 16.9. The average molecular weight is 429 g/mol. The number of nitriles is 1. The van der Waals surface area contributed by atoms with Gasteiger partial charge in [0.2, 0.25) is 11.8 Å². The second-order valence-corrected chi connectivity index (χ2v) is 7.51. The van der Waals surface area contributed by atoms with Crippen LogP contribution in [0.2, 0.25) is 0 Å². The molecule has 0 bridgehead atoms. The van der Waals surface area contributed by atoms with Gasteiger partial charge in [0.1, 0.15) is 23.3 Å². The molecule has 1 aliphatic rings. The molecule has 0 aliphatic carbocycles. The van der Waals surface area contributed by atoms with Crippen LogP contribution >= 0.6 is 11.8 Å². The Balaban J connectivity index is 1.40. The van der Waals surface area contributed by atoms with Crippen LogP contribution in [0.15, 0.2) is 35.6 Å². The molecule has 0 atom stereocenters. The lowest BCUT2D eigenvalue weighted by molar-refractivity contribution is -0.130. The van der Waals surface area contributed by atoms with Gasteiger partial charge >= 0.3 is 0 Å². The van der Waals surface area contributed by atoms with Crippen molar-refractivity contribution in [1.29, 1.82) is 5.26 Å². The van der Waals surface area contributed by atoms with E-state index in [0.29, 0.717) is 37.0 Å². The van der Waals surface area contributed by atoms with E-state index >= 15 is 0 Å². The van der Waals surface area contributed by atoms with E-state index in [1.54, 1.807) is 4.90 Å². The molecule has 30 heavy (non-hydrogen) atoms. The van der Waals surface area contributed by atoms with E-state index in [2.05, 4.69) is 15.3 Å². The zero-order valence-electron chi connectivity index (χ0n) is 16.0. The second kappa shape index (κ2) is 10.00. The Bertz CT molecular complexity index is 956. The molecule has 1 aromatic heterocycles. The number of hydrogen-bond donors (Lipinski definition) is 2. The van der Waals surface area contributed by atoms with E-state index < -0.39 is 0 Å². The molecule has 1 aliphatic heterocycles. The Morgan fingerprint density at radius 3 is 2.57 bits per heavy atom. The summed E-state index contributed by atoms with van der Waals surface area (Å²) < 4.78 is 12.9. The highest BCUT2D eigenvalue weighted by atomic mass is 32.2. The number of halogens is 1. The minimum atomic E-state index is -0.360. The number of aromatic nitrogens is 2. The number of nitrogen functional groups attached to an aromatic ring is 1. The van der Waals surface area contributed by atoms with Crippen molar-refractivity contribution in [3.05, 3.63) is 41.8 Å². The van der Waals surface area contributed by atoms with Crippen molar-refractivity contribution in [2.24, 2.45) is 0 Å². The van der Waals surface area contributed by atoms with Crippen LogP contribution in [0, 0.1) is 17.1 Å². The number of amides is 2. The number of nitrogens with two attached hydrogens (primary N) is 1. The largest absolute Gasteiger partial charge is 0.382 e. The Morgan fingerprint density at radius 2 is 1.93 bits per heavy atom. The van der Waals surface area contributed by atoms with Gasteiger partial charge in [0.15, 0.2) is 5.16 Å². The van der Waals surface area contributed by atoms with Crippen molar-refractivity contribution in [3.63, 3.8) is 0 Å². The summed E-state index contributed by atoms with van der Waals surface area (Å²) in [5, 5.41) is 11.9. The van der Waals surface area contributed by atoms with Gasteiger partial charge in [-0.25, -0.2) is 14.4 Å². The quantitative estimate of drug-likeness (QED) is 0.513. The van der Waals surface area contributed by atoms with E-state index in [9.17, 15) is 14.0 Å². The van der Waals surface area contributed by atoms with Gasteiger partial charge in [-0.15, -0.1) is 0 Å². The molecular formula is C19H20FN7O2S. The van der Waals surface area contributed by atoms with Gasteiger partial charge in [-0.2, -0.15) is 5.26 Å². The molecule has 9 nitrogen and oxygen atoms in total. The third-order valence-corrected chi connectivity index (χ3v) is 5.31. The minimum Gasteiger partial charge on any atom is -0.382 e. The summed E-state index contributed by atoms with van der Waals surface area (Å²) in [5.74, 6) is -0.346. The molecule has 3 rings (SSSR count). The molecule has 11 heteroatoms. The number of rotatable bonds is 6. The summed E-state index contributed by atoms with van der Waals surface area (Å²) in [4.78, 5) is 36.3. The van der Waals surface area contributed by atoms with Crippen molar-refractivity contribution in [1.82, 2.24) is 19.8 Å². The fourth-order valence-electron chi connectivity index (χ4n) is 2.84. The number of anilines is 2. The first kappa shape index (κ1) is 21.5. The number of nitrogens with one attached hydrogen (secondary N) is 1. The molecule has 1 aromatic carbocycles. The Hall–Kier alpha value is -3.23. The smallest absolute Gasteiger partial charge is 0.238 e. The predicted molar refractivity (Wildman–Crippen MR) is 110 cm³/mol. The average Bonchev–Trinajstić information content (AvgIpc) is 2.74. The first-order valence-electron chi connectivity index (χ1n) is 9.15. The van der Waals surface area contributed by atoms with Crippen molar-refractivity contribution in [3.8, 4) is 6.07 Å². The van der Waals surface area contributed by atoms with Crippen molar-refractivity contribution >= 4 is 35.1 Å². The van der Waals surface area contributed by atoms with Crippen molar-refractivity contribution in [2.45, 2.75) is 5.16 Å². The van der Waals surface area contributed by atoms with E-state index in [-0.39, 0.29) is 41.3 Å². The number of carbonyl (C=O) groups excluding carboxylic acids is 2. The second-order valence-electron chi connectivity index (χ2n) is 6.56. The van der Waals surface area contributed by atoms with Gasteiger partial charge in [0, 0.05) is 31.9 Å². The summed E-state index contributed by atoms with van der Waals surface area (Å²) in [6.07, 6.45) is 1.34. The third-order valence-electron chi connectivity index (χ3n) is 4.46. The number of piperazine rings is 1. The predicted octanol–water partition coefficient (Wildman–Crippen LogP) is 0.945. The number of carbonyl (C=O) groups is 2. The SMILES string of the molecule is N#Cc1cnc(SCC(=O)N2CCN(CC(=O)Nc3ccc(F)cc3)CC2)nc1N. The lowest BCUT2D eigenvalue weighted by atomic mass is 10.3. The van der Waals surface area contributed by atoms with E-state index in [1.807, 2.05) is 11.0 Å². The summed E-state index contributed by atoms with van der Waals surface area (Å²) in [6, 6.07) is 7.48. The molecule has 0 saturated carbocycles. The molecule has 3 N–H and O–H groups in total. The minimum absolute atomic E-state index is 0.0538. The lowest BCUT2D eigenvalue weighted by Crippen LogP contribution is -2.50. The fourth-order valence-corrected chi connectivity index (χ4v) is 3.57. The molecule has 0 spiro atoms. The number of benzene rings is 1. The Labute approximate surface area is 177 Å². The fraction of sp³-hybridized carbons (Fsp3) is 0.316. The van der Waals surface area contributed by atoms with Gasteiger partial charge in [-0.05, 0) is 24.3 Å². The molecule has 2 aromatic rings. The number of hydrogen-bond acceptors (Lipinski definition) is 8. The molecule has 0 radical (unpaired) electrons. The van der Waals surface area contributed by atoms with Crippen LogP contribution in [0.3, 0.4) is 0 Å². The monoisotopic (exact) mass is 429 g/mol. The first-order chi connectivity index (χ1) is 14.4. The summed E-state index contributed by atoms with van der Waals surface area (Å²) >= 11 is 1.16. The van der Waals surface area contributed by atoms with Gasteiger partial charge in [-0.3, -0.25) is 14.5 Å². The molecule has 2 heterocycles. The van der Waals surface area contributed by atoms with E-state index in [1.165, 1.54) is 30.5 Å². The molecule has 1 fully saturated rings. The highest BCUT2D eigenvalue weighted by Gasteiger charge is 2.22. The standard InChI is InChI=1S/C19H20FN7O2S/c20-14-1-3-15(4-2-14)24-16(28)11-26-5-7-27(8-6-26)17(29)12-30-19-23-10-13(9-21)18(22)25-19/h1-4,10H,5-8,11-12H2,(H,24,28)(H2,22,23,25). The Kier molecular flexibility index (Phi) is 7.16. The number of thioether (sulfide) groups is 1. The first-order valence-corrected chi connectivity index (χ1v) is 10.1. The zero-order chi connectivity index (χ0) is 21.5. The van der Waals surface area contributed by atoms with Gasteiger partial charge < -0.3 is 16.0 Å².